The number of para-hydroxylation sites is 2. The number of non-ortho nitro benzene ring substituents is 1. The zero-order valence-corrected chi connectivity index (χ0v) is 14.8. The molecule has 0 radical (unpaired) electrons. The minimum absolute atomic E-state index is 0.0379. The van der Waals surface area contributed by atoms with Gasteiger partial charge >= 0.3 is 6.16 Å². The predicted octanol–water partition coefficient (Wildman–Crippen LogP) is 4.08. The molecule has 0 aromatic heterocycles. The van der Waals surface area contributed by atoms with Gasteiger partial charge in [-0.3, -0.25) is 14.9 Å². The summed E-state index contributed by atoms with van der Waals surface area (Å²) in [6.07, 6.45) is -1.37. The Balaban J connectivity index is 0.000000166. The smallest absolute Gasteiger partial charge is 0.453 e. The highest BCUT2D eigenvalue weighted by atomic mass is 16.7. The van der Waals surface area contributed by atoms with E-state index in [4.69, 9.17) is 9.52 Å². The number of nitro benzene ring substituents is 1. The van der Waals surface area contributed by atoms with E-state index < -0.39 is 11.1 Å². The number of carbonyl (C=O) groups is 1. The quantitative estimate of drug-likeness (QED) is 0.238. The van der Waals surface area contributed by atoms with Gasteiger partial charge in [0.2, 0.25) is 0 Å². The molecular weight excluding hydrogens is 380 g/mol. The molecular formula is C20H14N2O7. The summed E-state index contributed by atoms with van der Waals surface area (Å²) < 4.78 is 9.84. The van der Waals surface area contributed by atoms with Crippen LogP contribution >= 0.6 is 0 Å². The molecule has 0 spiro atoms. The van der Waals surface area contributed by atoms with Gasteiger partial charge in [0, 0.05) is 18.2 Å². The minimum Gasteiger partial charge on any atom is -0.453 e. The lowest BCUT2D eigenvalue weighted by molar-refractivity contribution is -0.384. The molecule has 146 valence electrons. The van der Waals surface area contributed by atoms with Crippen LogP contribution in [0.5, 0.6) is 0 Å². The molecule has 0 unspecified atom stereocenters. The van der Waals surface area contributed by atoms with Crippen molar-refractivity contribution in [3.63, 3.8) is 0 Å². The van der Waals surface area contributed by atoms with Gasteiger partial charge in [-0.25, -0.2) is 9.78 Å². The fourth-order valence-electron chi connectivity index (χ4n) is 2.41. The molecule has 0 amide bonds. The molecule has 1 heterocycles. The van der Waals surface area contributed by atoms with Crippen molar-refractivity contribution in [2.24, 2.45) is 0 Å². The minimum atomic E-state index is -1.37. The van der Waals surface area contributed by atoms with Crippen molar-refractivity contribution < 1.29 is 24.0 Å². The first-order chi connectivity index (χ1) is 13.9. The zero-order valence-electron chi connectivity index (χ0n) is 14.8. The van der Waals surface area contributed by atoms with E-state index in [0.717, 1.165) is 5.52 Å². The first kappa shape index (κ1) is 19.5. The number of hydrogen-bond donors (Lipinski definition) is 1. The van der Waals surface area contributed by atoms with Crippen molar-refractivity contribution in [2.45, 2.75) is 6.61 Å². The molecule has 2 aromatic rings. The second-order valence-corrected chi connectivity index (χ2v) is 5.79. The Kier molecular flexibility index (Phi) is 5.79. The molecule has 0 saturated carbocycles. The van der Waals surface area contributed by atoms with E-state index in [1.54, 1.807) is 6.07 Å². The van der Waals surface area contributed by atoms with Gasteiger partial charge in [-0.1, -0.05) is 12.1 Å². The molecule has 4 rings (SSSR count). The Morgan fingerprint density at radius 1 is 1.10 bits per heavy atom. The lowest BCUT2D eigenvalue weighted by Crippen LogP contribution is -2.00. The van der Waals surface area contributed by atoms with E-state index in [2.05, 4.69) is 9.72 Å². The summed E-state index contributed by atoms with van der Waals surface area (Å²) in [7, 11) is 0. The lowest BCUT2D eigenvalue weighted by atomic mass is 10.2. The van der Waals surface area contributed by atoms with E-state index in [-0.39, 0.29) is 17.7 Å². The Hall–Kier alpha value is -4.27. The van der Waals surface area contributed by atoms with Crippen LogP contribution in [0.3, 0.4) is 0 Å². The van der Waals surface area contributed by atoms with Gasteiger partial charge in [0.05, 0.1) is 4.92 Å². The summed E-state index contributed by atoms with van der Waals surface area (Å²) in [5.41, 5.74) is 2.65. The number of rotatable bonds is 3. The first-order valence-corrected chi connectivity index (χ1v) is 8.31. The summed E-state index contributed by atoms with van der Waals surface area (Å²) in [6.45, 7) is -0.104. The highest BCUT2D eigenvalue weighted by Gasteiger charge is 2.08. The fraction of sp³-hybridized carbons (Fsp3) is 0.0500. The first-order valence-electron chi connectivity index (χ1n) is 8.31. The molecule has 1 aliphatic carbocycles. The molecule has 0 fully saturated rings. The number of ether oxygens (including phenoxy) is 1. The van der Waals surface area contributed by atoms with Crippen LogP contribution in [-0.2, 0) is 11.3 Å². The number of fused-ring (bicyclic) bond motifs is 2. The van der Waals surface area contributed by atoms with E-state index in [1.807, 2.05) is 24.3 Å². The second kappa shape index (κ2) is 8.61. The van der Waals surface area contributed by atoms with Crippen LogP contribution in [-0.4, -0.2) is 21.2 Å². The highest BCUT2D eigenvalue weighted by molar-refractivity contribution is 5.75. The SMILES string of the molecule is O=C(O)OCc1ccc([N+](=O)[O-])cc1.O=c1ccc2nc3ccccc3oc-2c1. The van der Waals surface area contributed by atoms with Crippen molar-refractivity contribution in [1.82, 2.24) is 4.98 Å². The molecule has 2 aromatic carbocycles. The molecule has 1 N–H and O–H groups in total. The van der Waals surface area contributed by atoms with Gasteiger partial charge in [0.15, 0.2) is 16.8 Å². The normalized spacial score (nSPS) is 10.2. The van der Waals surface area contributed by atoms with Gasteiger partial charge in [0.1, 0.15) is 17.8 Å². The van der Waals surface area contributed by atoms with Crippen molar-refractivity contribution in [1.29, 1.82) is 0 Å². The Labute approximate surface area is 163 Å². The number of hydrogen-bond acceptors (Lipinski definition) is 7. The average molecular weight is 394 g/mol. The second-order valence-electron chi connectivity index (χ2n) is 5.79. The molecule has 2 aliphatic rings. The van der Waals surface area contributed by atoms with Crippen molar-refractivity contribution in [3.05, 3.63) is 92.6 Å². The van der Waals surface area contributed by atoms with E-state index in [9.17, 15) is 19.7 Å². The third-order valence-corrected chi connectivity index (χ3v) is 3.77. The number of carboxylic acid groups (broad SMARTS) is 1. The fourth-order valence-corrected chi connectivity index (χ4v) is 2.41. The molecule has 9 heteroatoms. The van der Waals surface area contributed by atoms with Crippen LogP contribution in [0, 0.1) is 10.1 Å². The number of nitro groups is 1. The highest BCUT2D eigenvalue weighted by Crippen LogP contribution is 2.22. The summed E-state index contributed by atoms with van der Waals surface area (Å²) in [6, 6.07) is 17.6. The van der Waals surface area contributed by atoms with Crippen LogP contribution in [0.1, 0.15) is 5.56 Å². The number of benzene rings is 3. The molecule has 9 nitrogen and oxygen atoms in total. The summed E-state index contributed by atoms with van der Waals surface area (Å²) >= 11 is 0. The summed E-state index contributed by atoms with van der Waals surface area (Å²) in [5.74, 6) is 0.529. The molecule has 0 atom stereocenters. The van der Waals surface area contributed by atoms with Crippen LogP contribution in [0.2, 0.25) is 0 Å². The van der Waals surface area contributed by atoms with Crippen molar-refractivity contribution >= 4 is 22.9 Å². The maximum absolute atomic E-state index is 11.1. The topological polar surface area (TPSA) is 133 Å². The van der Waals surface area contributed by atoms with E-state index in [1.165, 1.54) is 36.4 Å². The Morgan fingerprint density at radius 2 is 1.83 bits per heavy atom. The van der Waals surface area contributed by atoms with E-state index >= 15 is 0 Å². The number of nitrogens with zero attached hydrogens (tertiary/aromatic N) is 2. The molecule has 1 aliphatic heterocycles. The molecule has 0 saturated heterocycles. The van der Waals surface area contributed by atoms with Crippen molar-refractivity contribution in [3.8, 4) is 11.5 Å². The summed E-state index contributed by atoms with van der Waals surface area (Å²) in [5, 5.41) is 18.4. The van der Waals surface area contributed by atoms with Gasteiger partial charge in [-0.15, -0.1) is 0 Å². The van der Waals surface area contributed by atoms with Gasteiger partial charge < -0.3 is 14.3 Å². The van der Waals surface area contributed by atoms with Crippen molar-refractivity contribution in [2.75, 3.05) is 0 Å². The third-order valence-electron chi connectivity index (χ3n) is 3.77. The Morgan fingerprint density at radius 3 is 2.52 bits per heavy atom. The maximum Gasteiger partial charge on any atom is 0.506 e. The van der Waals surface area contributed by atoms with Gasteiger partial charge in [-0.2, -0.15) is 0 Å². The monoisotopic (exact) mass is 394 g/mol. The zero-order chi connectivity index (χ0) is 20.8. The van der Waals surface area contributed by atoms with Crippen LogP contribution in [0.25, 0.3) is 22.6 Å². The predicted molar refractivity (Wildman–Crippen MR) is 103 cm³/mol. The Bertz CT molecular complexity index is 1190. The number of aromatic nitrogens is 1. The van der Waals surface area contributed by atoms with Gasteiger partial charge in [-0.05, 0) is 42.0 Å². The summed E-state index contributed by atoms with van der Waals surface area (Å²) in [4.78, 5) is 35.3. The molecule has 29 heavy (non-hydrogen) atoms. The lowest BCUT2D eigenvalue weighted by Gasteiger charge is -2.04. The average Bonchev–Trinajstić information content (AvgIpc) is 2.71. The van der Waals surface area contributed by atoms with Crippen LogP contribution < -0.4 is 5.43 Å². The largest absolute Gasteiger partial charge is 0.506 e. The third kappa shape index (κ3) is 5.13. The maximum atomic E-state index is 11.1. The van der Waals surface area contributed by atoms with Gasteiger partial charge in [0.25, 0.3) is 5.69 Å². The van der Waals surface area contributed by atoms with Crippen LogP contribution in [0.15, 0.2) is 75.9 Å². The van der Waals surface area contributed by atoms with Crippen LogP contribution in [0.4, 0.5) is 10.5 Å². The van der Waals surface area contributed by atoms with E-state index in [0.29, 0.717) is 22.6 Å². The standard InChI is InChI=1S/C12H7NO2.C8H7NO5/c14-8-5-6-10-12(7-8)15-11-4-2-1-3-9(11)13-10;10-8(11)14-5-6-1-3-7(4-2-6)9(12)13/h1-7H;1-4H,5H2,(H,10,11). The molecule has 0 bridgehead atoms.